The second-order valence-electron chi connectivity index (χ2n) is 6.61. The lowest BCUT2D eigenvalue weighted by Crippen LogP contribution is -2.46. The van der Waals surface area contributed by atoms with Crippen LogP contribution in [0.4, 0.5) is 10.5 Å². The molecule has 1 aromatic carbocycles. The summed E-state index contributed by atoms with van der Waals surface area (Å²) in [5.41, 5.74) is 1.77. The van der Waals surface area contributed by atoms with Crippen molar-refractivity contribution in [1.29, 1.82) is 0 Å². The Hall–Kier alpha value is -2.37. The standard InChI is InChI=1S/C17H21N3O3/c1-10-5-4-6-11(2)14(10)18-13(21)9-20-15(22)17(3,12-7-8-12)19-16(20)23/h4-6,12H,7-9H2,1-3H3,(H,18,21)(H,19,23)/t17-/m1/s1. The maximum atomic E-state index is 12.5. The first-order valence-electron chi connectivity index (χ1n) is 7.83. The molecule has 23 heavy (non-hydrogen) atoms. The maximum absolute atomic E-state index is 12.5. The zero-order chi connectivity index (χ0) is 16.8. The van der Waals surface area contributed by atoms with E-state index < -0.39 is 11.6 Å². The minimum atomic E-state index is -0.851. The third-order valence-corrected chi connectivity index (χ3v) is 4.74. The van der Waals surface area contributed by atoms with Gasteiger partial charge in [-0.3, -0.25) is 14.5 Å². The first-order chi connectivity index (χ1) is 10.8. The van der Waals surface area contributed by atoms with Gasteiger partial charge in [-0.15, -0.1) is 0 Å². The van der Waals surface area contributed by atoms with Crippen molar-refractivity contribution in [3.63, 3.8) is 0 Å². The zero-order valence-electron chi connectivity index (χ0n) is 13.6. The lowest BCUT2D eigenvalue weighted by Gasteiger charge is -2.21. The van der Waals surface area contributed by atoms with Gasteiger partial charge in [0.05, 0.1) is 0 Å². The largest absolute Gasteiger partial charge is 0.325 e. The Balaban J connectivity index is 1.71. The number of imide groups is 1. The number of rotatable bonds is 4. The fourth-order valence-electron chi connectivity index (χ4n) is 3.13. The van der Waals surface area contributed by atoms with E-state index in [-0.39, 0.29) is 24.3 Å². The van der Waals surface area contributed by atoms with Crippen LogP contribution in [-0.2, 0) is 9.59 Å². The topological polar surface area (TPSA) is 78.5 Å². The number of anilines is 1. The Morgan fingerprint density at radius 2 is 1.91 bits per heavy atom. The number of hydrogen-bond acceptors (Lipinski definition) is 3. The second-order valence-corrected chi connectivity index (χ2v) is 6.61. The van der Waals surface area contributed by atoms with Crippen LogP contribution in [0.5, 0.6) is 0 Å². The molecular weight excluding hydrogens is 294 g/mol. The molecule has 4 amide bonds. The summed E-state index contributed by atoms with van der Waals surface area (Å²) in [6.45, 7) is 5.29. The van der Waals surface area contributed by atoms with E-state index in [1.165, 1.54) is 0 Å². The average Bonchev–Trinajstić information content (AvgIpc) is 3.30. The van der Waals surface area contributed by atoms with Gasteiger partial charge in [-0.25, -0.2) is 4.79 Å². The monoisotopic (exact) mass is 315 g/mol. The van der Waals surface area contributed by atoms with E-state index in [1.807, 2.05) is 32.0 Å². The van der Waals surface area contributed by atoms with Crippen LogP contribution >= 0.6 is 0 Å². The van der Waals surface area contributed by atoms with Crippen molar-refractivity contribution in [2.75, 3.05) is 11.9 Å². The molecule has 1 aromatic rings. The van der Waals surface area contributed by atoms with Gasteiger partial charge in [0.25, 0.3) is 5.91 Å². The van der Waals surface area contributed by atoms with Crippen molar-refractivity contribution in [3.05, 3.63) is 29.3 Å². The minimum Gasteiger partial charge on any atom is -0.324 e. The summed E-state index contributed by atoms with van der Waals surface area (Å²) in [5.74, 6) is -0.488. The highest BCUT2D eigenvalue weighted by atomic mass is 16.2. The summed E-state index contributed by atoms with van der Waals surface area (Å²) < 4.78 is 0. The molecule has 1 aliphatic heterocycles. The quantitative estimate of drug-likeness (QED) is 0.834. The molecule has 1 saturated heterocycles. The van der Waals surface area contributed by atoms with Crippen molar-refractivity contribution < 1.29 is 14.4 Å². The number of nitrogens with zero attached hydrogens (tertiary/aromatic N) is 1. The van der Waals surface area contributed by atoms with Gasteiger partial charge >= 0.3 is 6.03 Å². The van der Waals surface area contributed by atoms with Crippen LogP contribution in [0, 0.1) is 19.8 Å². The van der Waals surface area contributed by atoms with Crippen LogP contribution in [0.15, 0.2) is 18.2 Å². The fraction of sp³-hybridized carbons (Fsp3) is 0.471. The van der Waals surface area contributed by atoms with Gasteiger partial charge in [0.1, 0.15) is 12.1 Å². The lowest BCUT2D eigenvalue weighted by atomic mass is 9.96. The van der Waals surface area contributed by atoms with Gasteiger partial charge in [0, 0.05) is 5.69 Å². The van der Waals surface area contributed by atoms with E-state index in [2.05, 4.69) is 10.6 Å². The minimum absolute atomic E-state index is 0.186. The Morgan fingerprint density at radius 1 is 1.30 bits per heavy atom. The molecule has 2 N–H and O–H groups in total. The van der Waals surface area contributed by atoms with E-state index in [0.29, 0.717) is 0 Å². The van der Waals surface area contributed by atoms with Gasteiger partial charge in [-0.05, 0) is 50.7 Å². The lowest BCUT2D eigenvalue weighted by molar-refractivity contribution is -0.134. The normalized spacial score (nSPS) is 23.9. The highest BCUT2D eigenvalue weighted by molar-refractivity contribution is 6.10. The number of benzene rings is 1. The summed E-state index contributed by atoms with van der Waals surface area (Å²) in [4.78, 5) is 37.9. The number of urea groups is 1. The van der Waals surface area contributed by atoms with Gasteiger partial charge in [-0.2, -0.15) is 0 Å². The van der Waals surface area contributed by atoms with Crippen molar-refractivity contribution in [2.45, 2.75) is 39.2 Å². The Labute approximate surface area is 135 Å². The molecule has 1 aliphatic carbocycles. The second kappa shape index (κ2) is 5.37. The molecule has 6 nitrogen and oxygen atoms in total. The number of amides is 4. The molecule has 6 heteroatoms. The van der Waals surface area contributed by atoms with Gasteiger partial charge in [0.2, 0.25) is 5.91 Å². The van der Waals surface area contributed by atoms with E-state index in [4.69, 9.17) is 0 Å². The Bertz CT molecular complexity index is 676. The smallest absolute Gasteiger partial charge is 0.324 e. The Kier molecular flexibility index (Phi) is 3.62. The zero-order valence-corrected chi connectivity index (χ0v) is 13.6. The molecule has 2 aliphatic rings. The number of carbonyl (C=O) groups is 3. The highest BCUT2D eigenvalue weighted by Gasteiger charge is 2.56. The molecule has 0 aromatic heterocycles. The van der Waals surface area contributed by atoms with E-state index in [9.17, 15) is 14.4 Å². The predicted molar refractivity (Wildman–Crippen MR) is 85.9 cm³/mol. The van der Waals surface area contributed by atoms with Crippen LogP contribution in [0.1, 0.15) is 30.9 Å². The van der Waals surface area contributed by atoms with Gasteiger partial charge in [-0.1, -0.05) is 18.2 Å². The first-order valence-corrected chi connectivity index (χ1v) is 7.83. The third kappa shape index (κ3) is 2.69. The Morgan fingerprint density at radius 3 is 2.48 bits per heavy atom. The van der Waals surface area contributed by atoms with Crippen molar-refractivity contribution in [1.82, 2.24) is 10.2 Å². The van der Waals surface area contributed by atoms with E-state index in [0.717, 1.165) is 34.6 Å². The summed E-state index contributed by atoms with van der Waals surface area (Å²) in [6, 6.07) is 5.24. The van der Waals surface area contributed by atoms with Crippen molar-refractivity contribution >= 4 is 23.5 Å². The number of para-hydroxylation sites is 1. The van der Waals surface area contributed by atoms with Crippen LogP contribution in [0.2, 0.25) is 0 Å². The van der Waals surface area contributed by atoms with Gasteiger partial charge < -0.3 is 10.6 Å². The molecule has 0 radical (unpaired) electrons. The van der Waals surface area contributed by atoms with E-state index >= 15 is 0 Å². The first kappa shape index (κ1) is 15.5. The molecule has 2 fully saturated rings. The van der Waals surface area contributed by atoms with Crippen LogP contribution in [-0.4, -0.2) is 34.8 Å². The fourth-order valence-corrected chi connectivity index (χ4v) is 3.13. The number of hydrogen-bond donors (Lipinski definition) is 2. The number of carbonyl (C=O) groups excluding carboxylic acids is 3. The summed E-state index contributed by atoms with van der Waals surface area (Å²) in [5, 5.41) is 5.55. The summed E-state index contributed by atoms with van der Waals surface area (Å²) in [7, 11) is 0. The number of nitrogens with one attached hydrogen (secondary N) is 2. The molecule has 1 heterocycles. The molecular formula is C17H21N3O3. The van der Waals surface area contributed by atoms with Crippen LogP contribution in [0.25, 0.3) is 0 Å². The summed E-state index contributed by atoms with van der Waals surface area (Å²) in [6.07, 6.45) is 1.87. The highest BCUT2D eigenvalue weighted by Crippen LogP contribution is 2.42. The number of aryl methyl sites for hydroxylation is 2. The van der Waals surface area contributed by atoms with Crippen LogP contribution in [0.3, 0.4) is 0 Å². The molecule has 3 rings (SSSR count). The van der Waals surface area contributed by atoms with E-state index in [1.54, 1.807) is 6.92 Å². The summed E-state index contributed by atoms with van der Waals surface area (Å²) >= 11 is 0. The molecule has 0 bridgehead atoms. The molecule has 0 unspecified atom stereocenters. The molecule has 122 valence electrons. The van der Waals surface area contributed by atoms with Crippen molar-refractivity contribution in [3.8, 4) is 0 Å². The molecule has 1 saturated carbocycles. The molecule has 0 spiro atoms. The average molecular weight is 315 g/mol. The SMILES string of the molecule is Cc1cccc(C)c1NC(=O)CN1C(=O)N[C@](C)(C2CC2)C1=O. The van der Waals surface area contributed by atoms with Gasteiger partial charge in [0.15, 0.2) is 0 Å². The maximum Gasteiger partial charge on any atom is 0.325 e. The van der Waals surface area contributed by atoms with Crippen LogP contribution < -0.4 is 10.6 Å². The predicted octanol–water partition coefficient (Wildman–Crippen LogP) is 1.96. The molecule has 1 atom stereocenters. The van der Waals surface area contributed by atoms with Crippen molar-refractivity contribution in [2.24, 2.45) is 5.92 Å². The third-order valence-electron chi connectivity index (χ3n) is 4.74.